The standard InChI is InChI=1S/C14H20FNO2/c1-10(12-5-4-11(17)8-13(12)15)16-9-14(2)6-3-7-18-14/h4-5,8,10,16-17H,3,6-7,9H2,1-2H3. The van der Waals surface area contributed by atoms with E-state index in [0.29, 0.717) is 12.1 Å². The number of phenols is 1. The van der Waals surface area contributed by atoms with Gasteiger partial charge in [-0.2, -0.15) is 0 Å². The molecular formula is C14H20FNO2. The quantitative estimate of drug-likeness (QED) is 0.867. The summed E-state index contributed by atoms with van der Waals surface area (Å²) in [5.74, 6) is -0.429. The van der Waals surface area contributed by atoms with E-state index in [4.69, 9.17) is 4.74 Å². The second-order valence-electron chi connectivity index (χ2n) is 5.21. The first-order valence-electron chi connectivity index (χ1n) is 6.36. The van der Waals surface area contributed by atoms with E-state index in [2.05, 4.69) is 12.2 Å². The van der Waals surface area contributed by atoms with E-state index in [1.165, 1.54) is 6.07 Å². The average molecular weight is 253 g/mol. The largest absolute Gasteiger partial charge is 0.508 e. The third-order valence-corrected chi connectivity index (χ3v) is 3.53. The summed E-state index contributed by atoms with van der Waals surface area (Å²) >= 11 is 0. The third kappa shape index (κ3) is 3.00. The summed E-state index contributed by atoms with van der Waals surface area (Å²) < 4.78 is 19.3. The van der Waals surface area contributed by atoms with Crippen LogP contribution in [0.25, 0.3) is 0 Å². The van der Waals surface area contributed by atoms with Crippen molar-refractivity contribution in [2.24, 2.45) is 0 Å². The van der Waals surface area contributed by atoms with E-state index in [-0.39, 0.29) is 23.2 Å². The van der Waals surface area contributed by atoms with Gasteiger partial charge in [-0.3, -0.25) is 0 Å². The monoisotopic (exact) mass is 253 g/mol. The zero-order chi connectivity index (χ0) is 13.2. The van der Waals surface area contributed by atoms with Crippen molar-refractivity contribution in [2.45, 2.75) is 38.3 Å². The lowest BCUT2D eigenvalue weighted by Gasteiger charge is -2.26. The Bertz CT molecular complexity index is 416. The van der Waals surface area contributed by atoms with Gasteiger partial charge in [-0.05, 0) is 32.8 Å². The van der Waals surface area contributed by atoms with Crippen LogP contribution in [-0.2, 0) is 4.74 Å². The molecule has 0 bridgehead atoms. The summed E-state index contributed by atoms with van der Waals surface area (Å²) in [6.07, 6.45) is 2.12. The lowest BCUT2D eigenvalue weighted by molar-refractivity contribution is 0.0190. The van der Waals surface area contributed by atoms with Crippen molar-refractivity contribution in [1.82, 2.24) is 5.32 Å². The van der Waals surface area contributed by atoms with Crippen LogP contribution >= 0.6 is 0 Å². The molecule has 0 aliphatic carbocycles. The first-order valence-corrected chi connectivity index (χ1v) is 6.36. The van der Waals surface area contributed by atoms with Crippen LogP contribution in [0.1, 0.15) is 38.3 Å². The van der Waals surface area contributed by atoms with Gasteiger partial charge < -0.3 is 15.2 Å². The Morgan fingerprint density at radius 3 is 2.94 bits per heavy atom. The molecular weight excluding hydrogens is 233 g/mol. The molecule has 1 saturated heterocycles. The smallest absolute Gasteiger partial charge is 0.131 e. The van der Waals surface area contributed by atoms with E-state index < -0.39 is 0 Å². The second-order valence-corrected chi connectivity index (χ2v) is 5.21. The molecule has 0 aromatic heterocycles. The van der Waals surface area contributed by atoms with Gasteiger partial charge in [-0.15, -0.1) is 0 Å². The van der Waals surface area contributed by atoms with Crippen molar-refractivity contribution in [3.8, 4) is 5.75 Å². The van der Waals surface area contributed by atoms with Gasteiger partial charge in [0.1, 0.15) is 11.6 Å². The fourth-order valence-electron chi connectivity index (χ4n) is 2.32. The average Bonchev–Trinajstić information content (AvgIpc) is 2.74. The molecule has 4 heteroatoms. The van der Waals surface area contributed by atoms with Gasteiger partial charge >= 0.3 is 0 Å². The zero-order valence-electron chi connectivity index (χ0n) is 10.9. The predicted octanol–water partition coefficient (Wildman–Crippen LogP) is 2.75. The molecule has 1 heterocycles. The van der Waals surface area contributed by atoms with Crippen molar-refractivity contribution in [1.29, 1.82) is 0 Å². The number of nitrogens with one attached hydrogen (secondary N) is 1. The summed E-state index contributed by atoms with van der Waals surface area (Å²) in [5.41, 5.74) is 0.427. The fraction of sp³-hybridized carbons (Fsp3) is 0.571. The highest BCUT2D eigenvalue weighted by Gasteiger charge is 2.30. The molecule has 1 aromatic rings. The lowest BCUT2D eigenvalue weighted by Crippen LogP contribution is -2.38. The Morgan fingerprint density at radius 2 is 2.33 bits per heavy atom. The van der Waals surface area contributed by atoms with E-state index in [0.717, 1.165) is 25.5 Å². The highest BCUT2D eigenvalue weighted by atomic mass is 19.1. The van der Waals surface area contributed by atoms with Gasteiger partial charge in [-0.25, -0.2) is 4.39 Å². The number of hydrogen-bond donors (Lipinski definition) is 2. The minimum absolute atomic E-state index is 0.0467. The van der Waals surface area contributed by atoms with Crippen molar-refractivity contribution in [3.05, 3.63) is 29.6 Å². The van der Waals surface area contributed by atoms with Gasteiger partial charge in [0.15, 0.2) is 0 Å². The Labute approximate surface area is 107 Å². The van der Waals surface area contributed by atoms with Crippen molar-refractivity contribution < 1.29 is 14.2 Å². The van der Waals surface area contributed by atoms with Crippen molar-refractivity contribution >= 4 is 0 Å². The molecule has 2 unspecified atom stereocenters. The maximum Gasteiger partial charge on any atom is 0.131 e. The normalized spacial score (nSPS) is 25.3. The Morgan fingerprint density at radius 1 is 1.56 bits per heavy atom. The summed E-state index contributed by atoms with van der Waals surface area (Å²) in [4.78, 5) is 0. The number of hydrogen-bond acceptors (Lipinski definition) is 3. The zero-order valence-corrected chi connectivity index (χ0v) is 10.9. The molecule has 0 amide bonds. The summed E-state index contributed by atoms with van der Waals surface area (Å²) in [7, 11) is 0. The number of phenolic OH excluding ortho intramolecular Hbond substituents is 1. The Balaban J connectivity index is 1.97. The lowest BCUT2D eigenvalue weighted by atomic mass is 10.0. The topological polar surface area (TPSA) is 41.5 Å². The number of halogens is 1. The SMILES string of the molecule is CC(NCC1(C)CCCO1)c1ccc(O)cc1F. The molecule has 2 rings (SSSR count). The molecule has 2 N–H and O–H groups in total. The van der Waals surface area contributed by atoms with Crippen LogP contribution in [0.5, 0.6) is 5.75 Å². The van der Waals surface area contributed by atoms with Crippen LogP contribution < -0.4 is 5.32 Å². The van der Waals surface area contributed by atoms with Gasteiger partial charge in [-0.1, -0.05) is 6.07 Å². The summed E-state index contributed by atoms with van der Waals surface area (Å²) in [6.45, 7) is 5.50. The molecule has 1 aliphatic rings. The number of benzene rings is 1. The molecule has 2 atom stereocenters. The fourth-order valence-corrected chi connectivity index (χ4v) is 2.32. The molecule has 0 saturated carbocycles. The minimum Gasteiger partial charge on any atom is -0.508 e. The summed E-state index contributed by atoms with van der Waals surface area (Å²) in [6, 6.07) is 4.15. The molecule has 1 aromatic carbocycles. The van der Waals surface area contributed by atoms with E-state index in [1.807, 2.05) is 6.92 Å². The van der Waals surface area contributed by atoms with Crippen LogP contribution in [0, 0.1) is 5.82 Å². The molecule has 18 heavy (non-hydrogen) atoms. The highest BCUT2D eigenvalue weighted by molar-refractivity contribution is 5.29. The highest BCUT2D eigenvalue weighted by Crippen LogP contribution is 2.26. The predicted molar refractivity (Wildman–Crippen MR) is 68.1 cm³/mol. The molecule has 0 spiro atoms. The van der Waals surface area contributed by atoms with Crippen molar-refractivity contribution in [2.75, 3.05) is 13.2 Å². The Hall–Kier alpha value is -1.13. The first kappa shape index (κ1) is 13.3. The third-order valence-electron chi connectivity index (χ3n) is 3.53. The van der Waals surface area contributed by atoms with Gasteiger partial charge in [0.05, 0.1) is 5.60 Å². The maximum absolute atomic E-state index is 13.7. The van der Waals surface area contributed by atoms with Crippen LogP contribution in [0.2, 0.25) is 0 Å². The van der Waals surface area contributed by atoms with E-state index in [9.17, 15) is 9.50 Å². The van der Waals surface area contributed by atoms with E-state index in [1.54, 1.807) is 6.07 Å². The molecule has 1 aliphatic heterocycles. The molecule has 3 nitrogen and oxygen atoms in total. The van der Waals surface area contributed by atoms with Gasteiger partial charge in [0.2, 0.25) is 0 Å². The van der Waals surface area contributed by atoms with E-state index >= 15 is 0 Å². The minimum atomic E-state index is -0.382. The van der Waals surface area contributed by atoms with Crippen LogP contribution in [0.15, 0.2) is 18.2 Å². The first-order chi connectivity index (χ1) is 8.50. The number of aromatic hydroxyl groups is 1. The number of ether oxygens (including phenoxy) is 1. The van der Waals surface area contributed by atoms with Gasteiger partial charge in [0.25, 0.3) is 0 Å². The second kappa shape index (κ2) is 5.24. The van der Waals surface area contributed by atoms with Crippen LogP contribution in [0.3, 0.4) is 0 Å². The van der Waals surface area contributed by atoms with Crippen molar-refractivity contribution in [3.63, 3.8) is 0 Å². The Kier molecular flexibility index (Phi) is 3.88. The molecule has 100 valence electrons. The van der Waals surface area contributed by atoms with Crippen LogP contribution in [-0.4, -0.2) is 23.9 Å². The number of rotatable bonds is 4. The van der Waals surface area contributed by atoms with Gasteiger partial charge in [0, 0.05) is 30.8 Å². The molecule has 0 radical (unpaired) electrons. The summed E-state index contributed by atoms with van der Waals surface area (Å²) in [5, 5.41) is 12.5. The van der Waals surface area contributed by atoms with Crippen LogP contribution in [0.4, 0.5) is 4.39 Å². The molecule has 1 fully saturated rings. The maximum atomic E-state index is 13.7.